The van der Waals surface area contributed by atoms with Crippen molar-refractivity contribution in [2.24, 2.45) is 5.92 Å². The Morgan fingerprint density at radius 2 is 1.94 bits per heavy atom. The molecule has 1 saturated heterocycles. The molecule has 0 aromatic heterocycles. The smallest absolute Gasteiger partial charge is 0.155 e. The van der Waals surface area contributed by atoms with Crippen molar-refractivity contribution in [3.8, 4) is 0 Å². The summed E-state index contributed by atoms with van der Waals surface area (Å²) < 4.78 is 5.51. The summed E-state index contributed by atoms with van der Waals surface area (Å²) in [6.45, 7) is 12.9. The lowest BCUT2D eigenvalue weighted by molar-refractivity contribution is -0.115. The summed E-state index contributed by atoms with van der Waals surface area (Å²) in [5, 5.41) is 1.44. The highest BCUT2D eigenvalue weighted by Crippen LogP contribution is 2.47. The number of Topliss-reactive ketones (excluding diaryl/α,β-unsaturated/α-hetero) is 1. The summed E-state index contributed by atoms with van der Waals surface area (Å²) in [4.78, 5) is 12.2. The molecule has 0 N–H and O–H groups in total. The van der Waals surface area contributed by atoms with E-state index >= 15 is 0 Å². The zero-order valence-corrected chi connectivity index (χ0v) is 12.0. The van der Waals surface area contributed by atoms with Gasteiger partial charge >= 0.3 is 0 Å². The lowest BCUT2D eigenvalue weighted by Gasteiger charge is -2.38. The SMILES string of the molecule is CC(C)(C)[Si](C)(C)C1=C2COCC2CC1=O. The predicted molar refractivity (Wildman–Crippen MR) is 68.2 cm³/mol. The van der Waals surface area contributed by atoms with Gasteiger partial charge in [-0.25, -0.2) is 0 Å². The molecule has 0 spiro atoms. The number of carbonyl (C=O) groups is 1. The van der Waals surface area contributed by atoms with Crippen LogP contribution >= 0.6 is 0 Å². The minimum atomic E-state index is -1.67. The van der Waals surface area contributed by atoms with Gasteiger partial charge in [0.1, 0.15) is 0 Å². The van der Waals surface area contributed by atoms with Gasteiger partial charge in [-0.15, -0.1) is 0 Å². The molecule has 1 aliphatic carbocycles. The second-order valence-corrected chi connectivity index (χ2v) is 11.9. The maximum Gasteiger partial charge on any atom is 0.155 e. The average molecular weight is 238 g/mol. The second-order valence-electron chi connectivity index (χ2n) is 6.61. The number of fused-ring (bicyclic) bond motifs is 1. The Bertz CT molecular complexity index is 361. The van der Waals surface area contributed by atoms with Crippen molar-refractivity contribution in [3.63, 3.8) is 0 Å². The summed E-state index contributed by atoms with van der Waals surface area (Å²) in [7, 11) is -1.67. The fourth-order valence-corrected chi connectivity index (χ4v) is 5.25. The number of allylic oxidation sites excluding steroid dienone is 1. The van der Waals surface area contributed by atoms with Crippen molar-refractivity contribution in [1.29, 1.82) is 0 Å². The van der Waals surface area contributed by atoms with E-state index in [2.05, 4.69) is 33.9 Å². The molecule has 1 aliphatic heterocycles. The fraction of sp³-hybridized carbons (Fsp3) is 0.769. The molecule has 0 bridgehead atoms. The van der Waals surface area contributed by atoms with E-state index in [1.807, 2.05) is 0 Å². The van der Waals surface area contributed by atoms with Crippen molar-refractivity contribution in [2.45, 2.75) is 45.3 Å². The van der Waals surface area contributed by atoms with E-state index in [0.29, 0.717) is 24.7 Å². The third-order valence-electron chi connectivity index (χ3n) is 4.60. The molecule has 1 unspecified atom stereocenters. The molecule has 0 aromatic rings. The van der Waals surface area contributed by atoms with Crippen LogP contribution in [0.25, 0.3) is 0 Å². The molecule has 0 radical (unpaired) electrons. The number of hydrogen-bond acceptors (Lipinski definition) is 2. The molecule has 0 amide bonds. The Hall–Kier alpha value is -0.413. The van der Waals surface area contributed by atoms with E-state index in [4.69, 9.17) is 4.74 Å². The second kappa shape index (κ2) is 3.54. The van der Waals surface area contributed by atoms with Crippen molar-refractivity contribution < 1.29 is 9.53 Å². The monoisotopic (exact) mass is 238 g/mol. The molecule has 1 heterocycles. The third kappa shape index (κ3) is 1.61. The highest BCUT2D eigenvalue weighted by atomic mass is 28.3. The van der Waals surface area contributed by atoms with Gasteiger partial charge in [0.25, 0.3) is 0 Å². The van der Waals surface area contributed by atoms with E-state index in [1.54, 1.807) is 0 Å². The number of rotatable bonds is 1. The van der Waals surface area contributed by atoms with Gasteiger partial charge < -0.3 is 4.74 Å². The number of carbonyl (C=O) groups excluding carboxylic acids is 1. The highest BCUT2D eigenvalue weighted by molar-refractivity contribution is 6.91. The average Bonchev–Trinajstić information content (AvgIpc) is 2.59. The van der Waals surface area contributed by atoms with Crippen LogP contribution in [-0.2, 0) is 9.53 Å². The van der Waals surface area contributed by atoms with Gasteiger partial charge in [-0.1, -0.05) is 33.9 Å². The molecule has 16 heavy (non-hydrogen) atoms. The minimum Gasteiger partial charge on any atom is -0.376 e. The van der Waals surface area contributed by atoms with Crippen molar-refractivity contribution >= 4 is 13.9 Å². The first-order valence-electron chi connectivity index (χ1n) is 6.09. The van der Waals surface area contributed by atoms with Crippen LogP contribution in [-0.4, -0.2) is 27.1 Å². The van der Waals surface area contributed by atoms with Crippen LogP contribution in [0.5, 0.6) is 0 Å². The molecular formula is C13H22O2Si. The molecule has 2 rings (SSSR count). The zero-order valence-electron chi connectivity index (χ0n) is 11.0. The van der Waals surface area contributed by atoms with Gasteiger partial charge in [0.05, 0.1) is 21.3 Å². The van der Waals surface area contributed by atoms with Crippen molar-refractivity contribution in [3.05, 3.63) is 10.8 Å². The quantitative estimate of drug-likeness (QED) is 0.657. The van der Waals surface area contributed by atoms with E-state index < -0.39 is 8.07 Å². The predicted octanol–water partition coefficient (Wildman–Crippen LogP) is 2.95. The fourth-order valence-electron chi connectivity index (χ4n) is 2.62. The van der Waals surface area contributed by atoms with Gasteiger partial charge in [0.2, 0.25) is 0 Å². The maximum absolute atomic E-state index is 12.2. The van der Waals surface area contributed by atoms with Crippen LogP contribution in [0.4, 0.5) is 0 Å². The first kappa shape index (κ1) is 12.1. The summed E-state index contributed by atoms with van der Waals surface area (Å²) in [5.41, 5.74) is 1.34. The van der Waals surface area contributed by atoms with Crippen LogP contribution in [0.1, 0.15) is 27.2 Å². The molecular weight excluding hydrogens is 216 g/mol. The molecule has 2 aliphatic rings. The Kier molecular flexibility index (Phi) is 2.67. The third-order valence-corrected chi connectivity index (χ3v) is 10.2. The molecule has 1 fully saturated rings. The Morgan fingerprint density at radius 3 is 2.50 bits per heavy atom. The molecule has 1 atom stereocenters. The zero-order chi connectivity index (χ0) is 12.1. The largest absolute Gasteiger partial charge is 0.376 e. The van der Waals surface area contributed by atoms with Crippen LogP contribution in [0.15, 0.2) is 10.8 Å². The van der Waals surface area contributed by atoms with Gasteiger partial charge in [-0.05, 0) is 15.8 Å². The van der Waals surface area contributed by atoms with Gasteiger partial charge in [-0.2, -0.15) is 0 Å². The molecule has 90 valence electrons. The van der Waals surface area contributed by atoms with Crippen LogP contribution in [0, 0.1) is 5.92 Å². The summed E-state index contributed by atoms with van der Waals surface area (Å²) >= 11 is 0. The standard InChI is InChI=1S/C13H22O2Si/c1-13(2,3)16(4,5)12-10-8-15-7-9(10)6-11(12)14/h9H,6-8H2,1-5H3. The molecule has 0 saturated carbocycles. The Balaban J connectivity index is 2.47. The highest BCUT2D eigenvalue weighted by Gasteiger charge is 2.48. The van der Waals surface area contributed by atoms with E-state index in [0.717, 1.165) is 6.61 Å². The van der Waals surface area contributed by atoms with E-state index in [1.165, 1.54) is 10.8 Å². The Labute approximate surface area is 99.1 Å². The normalized spacial score (nSPS) is 26.6. The topological polar surface area (TPSA) is 26.3 Å². The number of hydrogen-bond donors (Lipinski definition) is 0. The summed E-state index contributed by atoms with van der Waals surface area (Å²) in [6.07, 6.45) is 0.706. The first-order valence-corrected chi connectivity index (χ1v) is 9.09. The summed E-state index contributed by atoms with van der Waals surface area (Å²) in [5.74, 6) is 0.825. The van der Waals surface area contributed by atoms with Gasteiger partial charge in [0, 0.05) is 12.3 Å². The van der Waals surface area contributed by atoms with Crippen LogP contribution in [0.2, 0.25) is 18.1 Å². The molecule has 2 nitrogen and oxygen atoms in total. The van der Waals surface area contributed by atoms with Crippen LogP contribution < -0.4 is 0 Å². The first-order chi connectivity index (χ1) is 7.25. The van der Waals surface area contributed by atoms with Gasteiger partial charge in [-0.3, -0.25) is 4.79 Å². The molecule has 0 aromatic carbocycles. The van der Waals surface area contributed by atoms with Gasteiger partial charge in [0.15, 0.2) is 5.78 Å². The van der Waals surface area contributed by atoms with E-state index in [-0.39, 0.29) is 5.04 Å². The maximum atomic E-state index is 12.2. The van der Waals surface area contributed by atoms with E-state index in [9.17, 15) is 4.79 Å². The molecule has 3 heteroatoms. The Morgan fingerprint density at radius 1 is 1.31 bits per heavy atom. The van der Waals surface area contributed by atoms with Crippen molar-refractivity contribution in [1.82, 2.24) is 0 Å². The van der Waals surface area contributed by atoms with Crippen molar-refractivity contribution in [2.75, 3.05) is 13.2 Å². The summed E-state index contributed by atoms with van der Waals surface area (Å²) in [6, 6.07) is 0. The minimum absolute atomic E-state index is 0.239. The lowest BCUT2D eigenvalue weighted by Crippen LogP contribution is -2.42. The van der Waals surface area contributed by atoms with Crippen LogP contribution in [0.3, 0.4) is 0 Å². The lowest BCUT2D eigenvalue weighted by atomic mass is 10.1. The number of ether oxygens (including phenoxy) is 1. The number of ketones is 1.